The molecule has 7 nitrogen and oxygen atoms in total. The van der Waals surface area contributed by atoms with Gasteiger partial charge in [0.2, 0.25) is 6.29 Å². The monoisotopic (exact) mass is 300 g/mol. The molecule has 1 aliphatic rings. The summed E-state index contributed by atoms with van der Waals surface area (Å²) in [5.41, 5.74) is 4.90. The molecule has 0 radical (unpaired) electrons. The average Bonchev–Trinajstić information content (AvgIpc) is 2.50. The first kappa shape index (κ1) is 16.2. The van der Waals surface area contributed by atoms with Crippen molar-refractivity contribution < 1.29 is 35.6 Å². The Morgan fingerprint density at radius 2 is 1.71 bits per heavy atom. The third-order valence-corrected chi connectivity index (χ3v) is 3.49. The van der Waals surface area contributed by atoms with Crippen LogP contribution in [0.25, 0.3) is 0 Å². The van der Waals surface area contributed by atoms with Crippen molar-refractivity contribution >= 4 is 0 Å². The van der Waals surface area contributed by atoms with Gasteiger partial charge in [0.1, 0.15) is 30.2 Å². The van der Waals surface area contributed by atoms with E-state index in [0.29, 0.717) is 5.75 Å². The molecule has 1 aromatic carbocycles. The van der Waals surface area contributed by atoms with Crippen molar-refractivity contribution in [2.75, 3.05) is 13.2 Å². The molecule has 2 rings (SSSR count). The Morgan fingerprint density at radius 1 is 1.05 bits per heavy atom. The third kappa shape index (κ3) is 3.70. The number of ether oxygens (including phenoxy) is 2. The van der Waals surface area contributed by atoms with Gasteiger partial charge >= 0.3 is 0 Å². The Kier molecular flexibility index (Phi) is 5.51. The lowest BCUT2D eigenvalue weighted by Gasteiger charge is -2.39. The fourth-order valence-electron chi connectivity index (χ4n) is 2.24. The summed E-state index contributed by atoms with van der Waals surface area (Å²) < 4.78 is 10.8. The smallest absolute Gasteiger partial charge is 0.229 e. The zero-order valence-electron chi connectivity index (χ0n) is 11.6. The van der Waals surface area contributed by atoms with Crippen molar-refractivity contribution in [3.63, 3.8) is 0 Å². The maximum atomic E-state index is 9.87. The number of aliphatic hydroxyl groups excluding tert-OH is 4. The normalized spacial score (nSPS) is 32.9. The summed E-state index contributed by atoms with van der Waals surface area (Å²) in [6.45, 7) is 0.320. The summed E-state index contributed by atoms with van der Waals surface area (Å²) in [5.74, 6) is 0.465. The van der Waals surface area contributed by atoms with E-state index < -0.39 is 37.3 Å². The molecule has 5 atom stereocenters. The molecule has 7 heteroatoms. The molecule has 1 aromatic rings. The van der Waals surface area contributed by atoms with Gasteiger partial charge in [-0.05, 0) is 17.7 Å². The van der Waals surface area contributed by atoms with E-state index in [9.17, 15) is 15.3 Å². The minimum atomic E-state index is -1.44. The number of aliphatic hydroxyl groups is 4. The number of hydrogen-bond donors (Lipinski definition) is 5. The van der Waals surface area contributed by atoms with Crippen LogP contribution in [0.3, 0.4) is 0 Å². The van der Waals surface area contributed by atoms with Gasteiger partial charge in [-0.2, -0.15) is 0 Å². The first-order chi connectivity index (χ1) is 10.1. The van der Waals surface area contributed by atoms with Crippen LogP contribution in [-0.4, -0.2) is 64.3 Å². The minimum Gasteiger partial charge on any atom is -0.462 e. The molecule has 7 N–H and O–H groups in total. The largest absolute Gasteiger partial charge is 0.462 e. The van der Waals surface area contributed by atoms with Gasteiger partial charge in [-0.15, -0.1) is 0 Å². The molecule has 1 heterocycles. The van der Waals surface area contributed by atoms with E-state index in [1.165, 1.54) is 0 Å². The van der Waals surface area contributed by atoms with Gasteiger partial charge in [-0.3, -0.25) is 0 Å². The highest BCUT2D eigenvalue weighted by Gasteiger charge is 2.44. The standard InChI is InChI=1S/C14H21NO6/c15-6-5-8-1-3-9(4-2-8)20-14-13(19)12(18)11(17)10(7-16)21-14/h1-4,10-14,16-19H,5-7,15H2/p+1/t10?,11-,12?,13?,14+/m1/s1. The van der Waals surface area contributed by atoms with Gasteiger partial charge in [-0.1, -0.05) is 12.1 Å². The van der Waals surface area contributed by atoms with Gasteiger partial charge in [-0.25, -0.2) is 0 Å². The lowest BCUT2D eigenvalue weighted by Crippen LogP contribution is -2.60. The molecule has 118 valence electrons. The summed E-state index contributed by atoms with van der Waals surface area (Å²) in [7, 11) is 0. The fraction of sp³-hybridized carbons (Fsp3) is 0.571. The van der Waals surface area contributed by atoms with Gasteiger partial charge in [0.25, 0.3) is 0 Å². The minimum absolute atomic E-state index is 0.465. The SMILES string of the molecule is [NH3+]CCc1ccc(O[C@H]2OC(CO)[C@@H](O)C(O)C2O)cc1. The topological polar surface area (TPSA) is 127 Å². The highest BCUT2D eigenvalue weighted by molar-refractivity contribution is 5.27. The molecule has 0 spiro atoms. The quantitative estimate of drug-likeness (QED) is 0.414. The van der Waals surface area contributed by atoms with Crippen molar-refractivity contribution in [3.8, 4) is 5.75 Å². The number of hydrogen-bond acceptors (Lipinski definition) is 6. The molecular weight excluding hydrogens is 278 g/mol. The lowest BCUT2D eigenvalue weighted by molar-refractivity contribution is -0.366. The van der Waals surface area contributed by atoms with Crippen LogP contribution in [0, 0.1) is 0 Å². The summed E-state index contributed by atoms with van der Waals surface area (Å²) >= 11 is 0. The number of benzene rings is 1. The third-order valence-electron chi connectivity index (χ3n) is 3.49. The molecule has 0 bridgehead atoms. The van der Waals surface area contributed by atoms with E-state index in [-0.39, 0.29) is 0 Å². The van der Waals surface area contributed by atoms with Crippen molar-refractivity contribution in [3.05, 3.63) is 29.8 Å². The maximum Gasteiger partial charge on any atom is 0.229 e. The van der Waals surface area contributed by atoms with Crippen LogP contribution in [0.5, 0.6) is 5.75 Å². The van der Waals surface area contributed by atoms with E-state index >= 15 is 0 Å². The zero-order chi connectivity index (χ0) is 15.4. The Hall–Kier alpha value is -1.22. The van der Waals surface area contributed by atoms with E-state index in [0.717, 1.165) is 18.5 Å². The second-order valence-electron chi connectivity index (χ2n) is 5.06. The highest BCUT2D eigenvalue weighted by atomic mass is 16.7. The predicted molar refractivity (Wildman–Crippen MR) is 72.3 cm³/mol. The van der Waals surface area contributed by atoms with Crippen LogP contribution in [0.1, 0.15) is 5.56 Å². The molecule has 0 saturated carbocycles. The van der Waals surface area contributed by atoms with Crippen molar-refractivity contribution in [1.29, 1.82) is 0 Å². The first-order valence-electron chi connectivity index (χ1n) is 6.92. The molecule has 1 saturated heterocycles. The molecule has 0 aliphatic carbocycles. The van der Waals surface area contributed by atoms with E-state index in [4.69, 9.17) is 14.6 Å². The van der Waals surface area contributed by atoms with Crippen LogP contribution in [-0.2, 0) is 11.2 Å². The Labute approximate surface area is 122 Å². The molecule has 21 heavy (non-hydrogen) atoms. The van der Waals surface area contributed by atoms with Crippen LogP contribution in [0.15, 0.2) is 24.3 Å². The summed E-state index contributed by atoms with van der Waals surface area (Å²) in [6, 6.07) is 7.22. The van der Waals surface area contributed by atoms with Gasteiger partial charge in [0.05, 0.1) is 13.2 Å². The second kappa shape index (κ2) is 7.17. The van der Waals surface area contributed by atoms with E-state index in [1.807, 2.05) is 12.1 Å². The molecule has 0 aromatic heterocycles. The summed E-state index contributed by atoms with van der Waals surface area (Å²) in [4.78, 5) is 0. The first-order valence-corrected chi connectivity index (χ1v) is 6.92. The van der Waals surface area contributed by atoms with Gasteiger partial charge in [0.15, 0.2) is 0 Å². The molecule has 1 fully saturated rings. The van der Waals surface area contributed by atoms with E-state index in [2.05, 4.69) is 5.73 Å². The van der Waals surface area contributed by atoms with Crippen molar-refractivity contribution in [2.24, 2.45) is 0 Å². The molecule has 3 unspecified atom stereocenters. The van der Waals surface area contributed by atoms with Crippen molar-refractivity contribution in [1.82, 2.24) is 0 Å². The van der Waals surface area contributed by atoms with Gasteiger partial charge < -0.3 is 35.6 Å². The zero-order valence-corrected chi connectivity index (χ0v) is 11.6. The van der Waals surface area contributed by atoms with Gasteiger partial charge in [0, 0.05) is 6.42 Å². The second-order valence-corrected chi connectivity index (χ2v) is 5.06. The molecular formula is C14H22NO6+. The fourth-order valence-corrected chi connectivity index (χ4v) is 2.24. The maximum absolute atomic E-state index is 9.87. The van der Waals surface area contributed by atoms with Crippen LogP contribution in [0.4, 0.5) is 0 Å². The summed E-state index contributed by atoms with van der Waals surface area (Å²) in [5, 5.41) is 38.3. The van der Waals surface area contributed by atoms with Crippen LogP contribution in [0.2, 0.25) is 0 Å². The highest BCUT2D eigenvalue weighted by Crippen LogP contribution is 2.24. The Bertz CT molecular complexity index is 438. The number of quaternary nitrogens is 1. The lowest BCUT2D eigenvalue weighted by atomic mass is 9.99. The number of rotatable bonds is 5. The Morgan fingerprint density at radius 3 is 2.29 bits per heavy atom. The summed E-state index contributed by atoms with van der Waals surface area (Å²) in [6.07, 6.45) is -5.49. The van der Waals surface area contributed by atoms with Crippen LogP contribution >= 0.6 is 0 Å². The predicted octanol–water partition coefficient (Wildman–Crippen LogP) is -2.35. The molecule has 1 aliphatic heterocycles. The van der Waals surface area contributed by atoms with Crippen molar-refractivity contribution in [2.45, 2.75) is 37.1 Å². The molecule has 0 amide bonds. The van der Waals surface area contributed by atoms with Crippen LogP contribution < -0.4 is 10.5 Å². The van der Waals surface area contributed by atoms with E-state index in [1.54, 1.807) is 12.1 Å². The Balaban J connectivity index is 2.03. The average molecular weight is 300 g/mol.